The van der Waals surface area contributed by atoms with Gasteiger partial charge in [-0.3, -0.25) is 0 Å². The first-order chi connectivity index (χ1) is 11.7. The fraction of sp³-hybridized carbons (Fsp3) is 0.478. The number of hydrogen-bond acceptors (Lipinski definition) is 0. The van der Waals surface area contributed by atoms with Crippen molar-refractivity contribution in [3.05, 3.63) is 59.4 Å². The van der Waals surface area contributed by atoms with E-state index in [1.165, 1.54) is 44.1 Å². The Morgan fingerprint density at radius 1 is 0.667 bits per heavy atom. The number of aryl methyl sites for hydroxylation is 2. The first-order valence-corrected chi connectivity index (χ1v) is 9.62. The molecular weight excluding hydrogens is 295 g/mol. The molecule has 0 amide bonds. The Bertz CT molecular complexity index is 598. The van der Waals surface area contributed by atoms with Crippen molar-refractivity contribution in [3.63, 3.8) is 0 Å². The van der Waals surface area contributed by atoms with E-state index in [1.54, 1.807) is 6.07 Å². The molecule has 0 radical (unpaired) electrons. The van der Waals surface area contributed by atoms with Gasteiger partial charge in [0.2, 0.25) is 0 Å². The van der Waals surface area contributed by atoms with E-state index in [-0.39, 0.29) is 5.82 Å². The summed E-state index contributed by atoms with van der Waals surface area (Å²) in [5.41, 5.74) is 4.14. The van der Waals surface area contributed by atoms with Crippen LogP contribution >= 0.6 is 0 Å². The van der Waals surface area contributed by atoms with Crippen molar-refractivity contribution < 1.29 is 4.39 Å². The van der Waals surface area contributed by atoms with E-state index in [0.717, 1.165) is 30.4 Å². The highest BCUT2D eigenvalue weighted by Crippen LogP contribution is 2.25. The molecule has 0 bridgehead atoms. The van der Waals surface area contributed by atoms with Gasteiger partial charge in [0.05, 0.1) is 0 Å². The van der Waals surface area contributed by atoms with Crippen LogP contribution in [0.4, 0.5) is 4.39 Å². The Morgan fingerprint density at radius 2 is 1.29 bits per heavy atom. The van der Waals surface area contributed by atoms with Gasteiger partial charge in [0.1, 0.15) is 5.82 Å². The van der Waals surface area contributed by atoms with Gasteiger partial charge >= 0.3 is 0 Å². The Morgan fingerprint density at radius 3 is 1.96 bits per heavy atom. The van der Waals surface area contributed by atoms with Crippen LogP contribution in [0.15, 0.2) is 42.5 Å². The van der Waals surface area contributed by atoms with Crippen LogP contribution in [0.25, 0.3) is 11.1 Å². The summed E-state index contributed by atoms with van der Waals surface area (Å²) in [5, 5.41) is 0. The molecule has 130 valence electrons. The molecule has 0 saturated heterocycles. The standard InChI is InChI=1S/C23H31F/c1-3-5-7-8-9-11-20-14-17-22(23(24)18-20)21-15-12-19(13-16-21)10-6-4-2/h12-18H,3-11H2,1-2H3. The molecule has 2 aromatic rings. The number of rotatable bonds is 10. The Labute approximate surface area is 147 Å². The quantitative estimate of drug-likeness (QED) is 0.400. The summed E-state index contributed by atoms with van der Waals surface area (Å²) in [6, 6.07) is 14.1. The highest BCUT2D eigenvalue weighted by molar-refractivity contribution is 5.64. The number of halogens is 1. The van der Waals surface area contributed by atoms with Gasteiger partial charge in [0.25, 0.3) is 0 Å². The molecule has 0 N–H and O–H groups in total. The largest absolute Gasteiger partial charge is 0.206 e. The van der Waals surface area contributed by atoms with E-state index in [0.29, 0.717) is 5.56 Å². The van der Waals surface area contributed by atoms with Crippen molar-refractivity contribution in [1.29, 1.82) is 0 Å². The zero-order valence-electron chi connectivity index (χ0n) is 15.3. The van der Waals surface area contributed by atoms with Crippen molar-refractivity contribution in [3.8, 4) is 11.1 Å². The summed E-state index contributed by atoms with van der Waals surface area (Å²) in [6.45, 7) is 4.43. The summed E-state index contributed by atoms with van der Waals surface area (Å²) in [6.07, 6.45) is 10.8. The molecule has 0 nitrogen and oxygen atoms in total. The zero-order chi connectivity index (χ0) is 17.2. The molecule has 24 heavy (non-hydrogen) atoms. The van der Waals surface area contributed by atoms with Gasteiger partial charge in [-0.05, 0) is 48.4 Å². The Hall–Kier alpha value is -1.63. The molecule has 0 heterocycles. The highest BCUT2D eigenvalue weighted by Gasteiger charge is 2.06. The second kappa shape index (κ2) is 10.3. The lowest BCUT2D eigenvalue weighted by Gasteiger charge is -2.08. The second-order valence-electron chi connectivity index (χ2n) is 6.78. The number of benzene rings is 2. The van der Waals surface area contributed by atoms with Gasteiger partial charge in [0, 0.05) is 5.56 Å². The molecule has 0 saturated carbocycles. The van der Waals surface area contributed by atoms with Crippen LogP contribution in [0.5, 0.6) is 0 Å². The minimum atomic E-state index is -0.0950. The lowest BCUT2D eigenvalue weighted by molar-refractivity contribution is 0.618. The molecule has 0 aliphatic rings. The average molecular weight is 326 g/mol. The predicted octanol–water partition coefficient (Wildman–Crippen LogP) is 7.35. The second-order valence-corrected chi connectivity index (χ2v) is 6.78. The zero-order valence-corrected chi connectivity index (χ0v) is 15.3. The summed E-state index contributed by atoms with van der Waals surface area (Å²) in [5.74, 6) is -0.0950. The van der Waals surface area contributed by atoms with E-state index in [1.807, 2.05) is 18.2 Å². The molecule has 0 aromatic heterocycles. The molecule has 2 rings (SSSR count). The molecule has 0 fully saturated rings. The SMILES string of the molecule is CCCCCCCc1ccc(-c2ccc(CCCC)cc2)c(F)c1. The molecule has 0 aliphatic carbocycles. The van der Waals surface area contributed by atoms with Gasteiger partial charge in [-0.25, -0.2) is 4.39 Å². The normalized spacial score (nSPS) is 11.0. The summed E-state index contributed by atoms with van der Waals surface area (Å²) in [4.78, 5) is 0. The Kier molecular flexibility index (Phi) is 8.01. The van der Waals surface area contributed by atoms with Crippen molar-refractivity contribution >= 4 is 0 Å². The third kappa shape index (κ3) is 5.78. The lowest BCUT2D eigenvalue weighted by Crippen LogP contribution is -1.91. The maximum Gasteiger partial charge on any atom is 0.131 e. The molecular formula is C23H31F. The number of unbranched alkanes of at least 4 members (excludes halogenated alkanes) is 5. The maximum absolute atomic E-state index is 14.5. The van der Waals surface area contributed by atoms with E-state index in [2.05, 4.69) is 32.0 Å². The van der Waals surface area contributed by atoms with Crippen molar-refractivity contribution in [1.82, 2.24) is 0 Å². The highest BCUT2D eigenvalue weighted by atomic mass is 19.1. The van der Waals surface area contributed by atoms with Crippen LogP contribution in [0.2, 0.25) is 0 Å². The molecule has 2 aromatic carbocycles. The average Bonchev–Trinajstić information content (AvgIpc) is 2.60. The fourth-order valence-electron chi connectivity index (χ4n) is 3.11. The van der Waals surface area contributed by atoms with E-state index >= 15 is 0 Å². The van der Waals surface area contributed by atoms with E-state index < -0.39 is 0 Å². The summed E-state index contributed by atoms with van der Waals surface area (Å²) >= 11 is 0. The molecule has 0 aliphatic heterocycles. The van der Waals surface area contributed by atoms with Gasteiger partial charge in [-0.15, -0.1) is 0 Å². The van der Waals surface area contributed by atoms with Crippen LogP contribution in [0.3, 0.4) is 0 Å². The molecule has 0 spiro atoms. The fourth-order valence-corrected chi connectivity index (χ4v) is 3.11. The third-order valence-corrected chi connectivity index (χ3v) is 4.69. The van der Waals surface area contributed by atoms with Crippen LogP contribution in [0.1, 0.15) is 69.9 Å². The first-order valence-electron chi connectivity index (χ1n) is 9.62. The first kappa shape index (κ1) is 18.7. The maximum atomic E-state index is 14.5. The monoisotopic (exact) mass is 326 g/mol. The van der Waals surface area contributed by atoms with Crippen molar-refractivity contribution in [2.75, 3.05) is 0 Å². The lowest BCUT2D eigenvalue weighted by atomic mass is 9.98. The molecule has 1 heteroatoms. The van der Waals surface area contributed by atoms with Gasteiger partial charge < -0.3 is 0 Å². The van der Waals surface area contributed by atoms with Crippen LogP contribution in [-0.4, -0.2) is 0 Å². The van der Waals surface area contributed by atoms with Crippen molar-refractivity contribution in [2.45, 2.75) is 71.6 Å². The van der Waals surface area contributed by atoms with Crippen LogP contribution in [-0.2, 0) is 12.8 Å². The molecule has 0 atom stereocenters. The third-order valence-electron chi connectivity index (χ3n) is 4.69. The predicted molar refractivity (Wildman–Crippen MR) is 103 cm³/mol. The van der Waals surface area contributed by atoms with E-state index in [4.69, 9.17) is 0 Å². The van der Waals surface area contributed by atoms with Crippen molar-refractivity contribution in [2.24, 2.45) is 0 Å². The van der Waals surface area contributed by atoms with Gasteiger partial charge in [0.15, 0.2) is 0 Å². The van der Waals surface area contributed by atoms with E-state index in [9.17, 15) is 4.39 Å². The Balaban J connectivity index is 1.96. The van der Waals surface area contributed by atoms with Gasteiger partial charge in [-0.2, -0.15) is 0 Å². The molecule has 0 unspecified atom stereocenters. The van der Waals surface area contributed by atoms with Gasteiger partial charge in [-0.1, -0.05) is 82.3 Å². The topological polar surface area (TPSA) is 0 Å². The summed E-state index contributed by atoms with van der Waals surface area (Å²) < 4.78 is 14.5. The smallest absolute Gasteiger partial charge is 0.131 e. The summed E-state index contributed by atoms with van der Waals surface area (Å²) in [7, 11) is 0. The van der Waals surface area contributed by atoms with Crippen LogP contribution in [0, 0.1) is 5.82 Å². The number of hydrogen-bond donors (Lipinski definition) is 0. The minimum absolute atomic E-state index is 0.0950. The van der Waals surface area contributed by atoms with Crippen LogP contribution < -0.4 is 0 Å². The minimum Gasteiger partial charge on any atom is -0.206 e.